The van der Waals surface area contributed by atoms with Gasteiger partial charge in [-0.25, -0.2) is 9.18 Å². The molecule has 6 heteroatoms. The van der Waals surface area contributed by atoms with Crippen molar-refractivity contribution in [1.29, 1.82) is 0 Å². The monoisotopic (exact) mass is 358 g/mol. The van der Waals surface area contributed by atoms with Crippen LogP contribution in [0.1, 0.15) is 52.0 Å². The van der Waals surface area contributed by atoms with Crippen LogP contribution in [0.15, 0.2) is 41.0 Å². The van der Waals surface area contributed by atoms with Gasteiger partial charge in [0, 0.05) is 35.1 Å². The van der Waals surface area contributed by atoms with Gasteiger partial charge in [0.05, 0.1) is 24.3 Å². The van der Waals surface area contributed by atoms with Gasteiger partial charge in [-0.2, -0.15) is 0 Å². The smallest absolute Gasteiger partial charge is 0.336 e. The van der Waals surface area contributed by atoms with Crippen LogP contribution in [0.4, 0.5) is 4.39 Å². The number of carbonyl (C=O) groups excluding carboxylic acids is 2. The molecule has 0 bridgehead atoms. The molecule has 2 aliphatic rings. The van der Waals surface area contributed by atoms with Crippen molar-refractivity contribution in [3.8, 4) is 0 Å². The Bertz CT molecular complexity index is 839. The molecule has 26 heavy (non-hydrogen) atoms. The van der Waals surface area contributed by atoms with Gasteiger partial charge in [-0.05, 0) is 31.7 Å². The normalized spacial score (nSPS) is 22.0. The molecule has 0 saturated carbocycles. The first-order valence-corrected chi connectivity index (χ1v) is 8.75. The van der Waals surface area contributed by atoms with E-state index in [-0.39, 0.29) is 28.9 Å². The number of rotatable bonds is 3. The van der Waals surface area contributed by atoms with Crippen molar-refractivity contribution >= 4 is 11.8 Å². The van der Waals surface area contributed by atoms with Crippen LogP contribution < -0.4 is 5.32 Å². The molecule has 0 fully saturated rings. The van der Waals surface area contributed by atoms with E-state index in [0.717, 1.165) is 11.9 Å². The SMILES string of the molecule is CCOC(=O)C1=C(C)NC2=C(C(=O)CC(C)(C)C2)[C@H]1c1ccncc1F. The van der Waals surface area contributed by atoms with Crippen LogP contribution in [0, 0.1) is 11.2 Å². The maximum Gasteiger partial charge on any atom is 0.336 e. The fourth-order valence-electron chi connectivity index (χ4n) is 3.85. The lowest BCUT2D eigenvalue weighted by Crippen LogP contribution is -2.39. The van der Waals surface area contributed by atoms with Crippen LogP contribution in [0.3, 0.4) is 0 Å². The largest absolute Gasteiger partial charge is 0.463 e. The summed E-state index contributed by atoms with van der Waals surface area (Å²) in [6, 6.07) is 1.52. The Morgan fingerprint density at radius 3 is 2.81 bits per heavy atom. The Balaban J connectivity index is 2.21. The van der Waals surface area contributed by atoms with E-state index >= 15 is 0 Å². The fraction of sp³-hybridized carbons (Fsp3) is 0.450. The summed E-state index contributed by atoms with van der Waals surface area (Å²) >= 11 is 0. The number of hydrogen-bond donors (Lipinski definition) is 1. The highest BCUT2D eigenvalue weighted by atomic mass is 19.1. The third-order valence-corrected chi connectivity index (χ3v) is 4.85. The number of ether oxygens (including phenoxy) is 1. The van der Waals surface area contributed by atoms with E-state index in [2.05, 4.69) is 10.3 Å². The lowest BCUT2D eigenvalue weighted by molar-refractivity contribution is -0.138. The minimum atomic E-state index is -0.781. The maximum atomic E-state index is 14.6. The average Bonchev–Trinajstić information content (AvgIpc) is 2.53. The Labute approximate surface area is 152 Å². The van der Waals surface area contributed by atoms with Crippen molar-refractivity contribution in [1.82, 2.24) is 10.3 Å². The molecule has 2 heterocycles. The molecule has 1 aromatic heterocycles. The van der Waals surface area contributed by atoms with Crippen molar-refractivity contribution in [2.45, 2.75) is 46.5 Å². The van der Waals surface area contributed by atoms with Crippen LogP contribution in [0.5, 0.6) is 0 Å². The zero-order valence-electron chi connectivity index (χ0n) is 15.5. The van der Waals surface area contributed by atoms with Crippen LogP contribution in [0.25, 0.3) is 0 Å². The highest BCUT2D eigenvalue weighted by molar-refractivity contribution is 6.04. The van der Waals surface area contributed by atoms with Crippen molar-refractivity contribution < 1.29 is 18.7 Å². The predicted molar refractivity (Wildman–Crippen MR) is 94.5 cm³/mol. The first-order chi connectivity index (χ1) is 12.2. The summed E-state index contributed by atoms with van der Waals surface area (Å²) in [6.07, 6.45) is 3.58. The molecule has 0 unspecified atom stereocenters. The second kappa shape index (κ2) is 6.67. The van der Waals surface area contributed by atoms with E-state index in [1.807, 2.05) is 13.8 Å². The summed E-state index contributed by atoms with van der Waals surface area (Å²) in [4.78, 5) is 29.4. The van der Waals surface area contributed by atoms with E-state index in [0.29, 0.717) is 24.1 Å². The van der Waals surface area contributed by atoms with Gasteiger partial charge in [0.25, 0.3) is 0 Å². The number of nitrogens with one attached hydrogen (secondary N) is 1. The zero-order valence-corrected chi connectivity index (χ0v) is 15.5. The molecular formula is C20H23FN2O3. The highest BCUT2D eigenvalue weighted by Crippen LogP contribution is 2.47. The first kappa shape index (κ1) is 18.3. The number of carbonyl (C=O) groups is 2. The molecule has 1 aromatic rings. The fourth-order valence-corrected chi connectivity index (χ4v) is 3.85. The van der Waals surface area contributed by atoms with Crippen molar-refractivity contribution in [2.24, 2.45) is 5.41 Å². The van der Waals surface area contributed by atoms with E-state index in [1.165, 1.54) is 12.3 Å². The van der Waals surface area contributed by atoms with Gasteiger partial charge in [-0.1, -0.05) is 13.8 Å². The molecule has 5 nitrogen and oxygen atoms in total. The number of esters is 1. The Kier molecular flexibility index (Phi) is 4.69. The number of dihydropyridines is 1. The van der Waals surface area contributed by atoms with Crippen molar-refractivity contribution in [3.63, 3.8) is 0 Å². The molecule has 3 rings (SSSR count). The van der Waals surface area contributed by atoms with E-state index in [9.17, 15) is 14.0 Å². The minimum absolute atomic E-state index is 0.0701. The predicted octanol–water partition coefficient (Wildman–Crippen LogP) is 3.39. The summed E-state index contributed by atoms with van der Waals surface area (Å²) in [5.74, 6) is -1.93. The van der Waals surface area contributed by atoms with E-state index in [4.69, 9.17) is 4.74 Å². The van der Waals surface area contributed by atoms with Gasteiger partial charge in [0.2, 0.25) is 0 Å². The van der Waals surface area contributed by atoms with Gasteiger partial charge < -0.3 is 10.1 Å². The topological polar surface area (TPSA) is 68.3 Å². The molecule has 0 saturated heterocycles. The van der Waals surface area contributed by atoms with Crippen LogP contribution in [0.2, 0.25) is 0 Å². The summed E-state index contributed by atoms with van der Waals surface area (Å²) in [7, 11) is 0. The third kappa shape index (κ3) is 3.16. The molecule has 0 radical (unpaired) electrons. The second-order valence-electron chi connectivity index (χ2n) is 7.55. The second-order valence-corrected chi connectivity index (χ2v) is 7.55. The number of hydrogen-bond acceptors (Lipinski definition) is 5. The van der Waals surface area contributed by atoms with Crippen LogP contribution in [-0.2, 0) is 14.3 Å². The molecule has 0 amide bonds. The molecule has 138 valence electrons. The third-order valence-electron chi connectivity index (χ3n) is 4.85. The molecule has 0 spiro atoms. The standard InChI is InChI=1S/C20H23FN2O3/c1-5-26-19(25)16-11(2)23-14-8-20(3,4)9-15(24)18(14)17(16)12-6-7-22-10-13(12)21/h6-7,10,17,23H,5,8-9H2,1-4H3/t17-/m0/s1. The zero-order chi connectivity index (χ0) is 19.1. The van der Waals surface area contributed by atoms with Gasteiger partial charge >= 0.3 is 5.97 Å². The highest BCUT2D eigenvalue weighted by Gasteiger charge is 2.43. The molecular weight excluding hydrogens is 335 g/mol. The number of aromatic nitrogens is 1. The molecule has 1 atom stereocenters. The average molecular weight is 358 g/mol. The number of ketones is 1. The Morgan fingerprint density at radius 1 is 1.42 bits per heavy atom. The number of allylic oxidation sites excluding steroid dienone is 3. The Hall–Kier alpha value is -2.50. The molecule has 1 aliphatic carbocycles. The molecule has 1 aliphatic heterocycles. The Morgan fingerprint density at radius 2 is 2.15 bits per heavy atom. The summed E-state index contributed by atoms with van der Waals surface area (Å²) in [5, 5.41) is 3.21. The van der Waals surface area contributed by atoms with Gasteiger partial charge in [0.1, 0.15) is 5.82 Å². The lowest BCUT2D eigenvalue weighted by Gasteiger charge is -2.39. The number of nitrogens with zero attached hydrogens (tertiary/aromatic N) is 1. The van der Waals surface area contributed by atoms with E-state index in [1.54, 1.807) is 13.8 Å². The maximum absolute atomic E-state index is 14.6. The van der Waals surface area contributed by atoms with Crippen molar-refractivity contribution in [2.75, 3.05) is 6.61 Å². The first-order valence-electron chi connectivity index (χ1n) is 8.75. The number of halogens is 1. The lowest BCUT2D eigenvalue weighted by atomic mass is 9.68. The van der Waals surface area contributed by atoms with Gasteiger partial charge in [0.15, 0.2) is 5.78 Å². The van der Waals surface area contributed by atoms with Gasteiger partial charge in [-0.15, -0.1) is 0 Å². The van der Waals surface area contributed by atoms with Crippen LogP contribution in [-0.4, -0.2) is 23.3 Å². The summed E-state index contributed by atoms with van der Waals surface area (Å²) in [5.41, 5.74) is 2.18. The van der Waals surface area contributed by atoms with Crippen LogP contribution >= 0.6 is 0 Å². The molecule has 0 aromatic carbocycles. The summed E-state index contributed by atoms with van der Waals surface area (Å²) in [6.45, 7) is 7.73. The number of pyridine rings is 1. The quantitative estimate of drug-likeness (QED) is 0.839. The molecule has 1 N–H and O–H groups in total. The van der Waals surface area contributed by atoms with Gasteiger partial charge in [-0.3, -0.25) is 9.78 Å². The van der Waals surface area contributed by atoms with Crippen molar-refractivity contribution in [3.05, 3.63) is 52.4 Å². The summed E-state index contributed by atoms with van der Waals surface area (Å²) < 4.78 is 19.8. The number of Topliss-reactive ketones (excluding diaryl/α,β-unsaturated/α-hetero) is 1. The minimum Gasteiger partial charge on any atom is -0.463 e. The van der Waals surface area contributed by atoms with E-state index < -0.39 is 17.7 Å².